The van der Waals surface area contributed by atoms with Crippen molar-refractivity contribution in [2.45, 2.75) is 32.7 Å². The number of carbonyl (C=O) groups excluding carboxylic acids is 3. The average Bonchev–Trinajstić information content (AvgIpc) is 2.72. The first-order valence-corrected chi connectivity index (χ1v) is 9.77. The normalized spacial score (nSPS) is 16.5. The summed E-state index contributed by atoms with van der Waals surface area (Å²) < 4.78 is 4.70. The number of hydrogen-bond donors (Lipinski definition) is 2. The van der Waals surface area contributed by atoms with Gasteiger partial charge in [-0.3, -0.25) is 10.2 Å². The van der Waals surface area contributed by atoms with Crippen LogP contribution in [0, 0.1) is 0 Å². The van der Waals surface area contributed by atoms with E-state index in [1.807, 2.05) is 12.1 Å². The van der Waals surface area contributed by atoms with E-state index < -0.39 is 24.3 Å². The van der Waals surface area contributed by atoms with Gasteiger partial charge in [-0.15, -0.1) is 0 Å². The van der Waals surface area contributed by atoms with Crippen molar-refractivity contribution in [1.82, 2.24) is 15.1 Å². The highest BCUT2D eigenvalue weighted by molar-refractivity contribution is 6.30. The second-order valence-electron chi connectivity index (χ2n) is 7.07. The zero-order chi connectivity index (χ0) is 21.8. The zero-order valence-corrected chi connectivity index (χ0v) is 17.6. The van der Waals surface area contributed by atoms with E-state index in [2.05, 4.69) is 10.6 Å². The molecule has 0 saturated carbocycles. The molecule has 0 radical (unpaired) electrons. The van der Waals surface area contributed by atoms with Gasteiger partial charge in [-0.2, -0.15) is 0 Å². The maximum absolute atomic E-state index is 13.1. The second kappa shape index (κ2) is 9.04. The number of esters is 1. The van der Waals surface area contributed by atoms with Crippen molar-refractivity contribution in [1.29, 1.82) is 0 Å². The fourth-order valence-corrected chi connectivity index (χ4v) is 3.22. The van der Waals surface area contributed by atoms with Crippen molar-refractivity contribution in [3.8, 4) is 0 Å². The summed E-state index contributed by atoms with van der Waals surface area (Å²) in [5.41, 5.74) is 1.89. The zero-order valence-electron chi connectivity index (χ0n) is 16.9. The van der Waals surface area contributed by atoms with Gasteiger partial charge in [-0.05, 0) is 55.8 Å². The maximum atomic E-state index is 13.1. The molecule has 8 nitrogen and oxygen atoms in total. The molecule has 1 atom stereocenters. The molecule has 2 N–H and O–H groups in total. The molecule has 1 aliphatic heterocycles. The Kier molecular flexibility index (Phi) is 6.47. The van der Waals surface area contributed by atoms with Crippen LogP contribution in [0.2, 0.25) is 5.02 Å². The van der Waals surface area contributed by atoms with Crippen LogP contribution in [0.5, 0.6) is 0 Å². The number of urea groups is 2. The molecule has 1 heterocycles. The van der Waals surface area contributed by atoms with E-state index >= 15 is 0 Å². The Hall–Kier alpha value is -3.26. The molecule has 2 aromatic rings. The van der Waals surface area contributed by atoms with Crippen molar-refractivity contribution in [3.63, 3.8) is 0 Å². The minimum atomic E-state index is -0.778. The average molecular weight is 431 g/mol. The summed E-state index contributed by atoms with van der Waals surface area (Å²) in [6.07, 6.45) is -0.778. The number of imide groups is 1. The molecular weight excluding hydrogens is 408 g/mol. The number of nitrogens with zero attached hydrogens (tertiary/aromatic N) is 2. The Morgan fingerprint density at radius 2 is 1.77 bits per heavy atom. The van der Waals surface area contributed by atoms with Crippen LogP contribution in [-0.4, -0.2) is 47.3 Å². The highest BCUT2D eigenvalue weighted by Crippen LogP contribution is 2.21. The fourth-order valence-electron chi connectivity index (χ4n) is 3.09. The van der Waals surface area contributed by atoms with Crippen LogP contribution >= 0.6 is 11.6 Å². The van der Waals surface area contributed by atoms with Crippen LogP contribution in [0.3, 0.4) is 0 Å². The first-order valence-electron chi connectivity index (χ1n) is 9.40. The number of ether oxygens (including phenoxy) is 1. The standard InChI is InChI=1S/C21H23ClN4O4/c1-13(2)26-20(28)24-19(23-17-10-6-15(7-11-17)18(27)30-3)25(21(26)29)12-14-4-8-16(22)9-5-14/h4-11,13,19,23H,12H2,1-3H3,(H,24,28). The molecular formula is C21H23ClN4O4. The van der Waals surface area contributed by atoms with E-state index in [1.54, 1.807) is 50.2 Å². The third kappa shape index (κ3) is 4.65. The van der Waals surface area contributed by atoms with E-state index in [0.29, 0.717) is 16.3 Å². The third-order valence-electron chi connectivity index (χ3n) is 4.63. The topological polar surface area (TPSA) is 91.0 Å². The van der Waals surface area contributed by atoms with Gasteiger partial charge in [0.05, 0.1) is 19.2 Å². The number of halogens is 1. The smallest absolute Gasteiger partial charge is 0.337 e. The van der Waals surface area contributed by atoms with Gasteiger partial charge in [0.1, 0.15) is 0 Å². The monoisotopic (exact) mass is 430 g/mol. The summed E-state index contributed by atoms with van der Waals surface area (Å²) in [5, 5.41) is 6.55. The van der Waals surface area contributed by atoms with Gasteiger partial charge in [0.25, 0.3) is 0 Å². The van der Waals surface area contributed by atoms with Crippen LogP contribution in [-0.2, 0) is 11.3 Å². The van der Waals surface area contributed by atoms with Crippen LogP contribution < -0.4 is 10.6 Å². The molecule has 0 bridgehead atoms. The van der Waals surface area contributed by atoms with Crippen molar-refractivity contribution in [2.24, 2.45) is 0 Å². The number of benzene rings is 2. The second-order valence-corrected chi connectivity index (χ2v) is 7.50. The van der Waals surface area contributed by atoms with E-state index in [9.17, 15) is 14.4 Å². The number of anilines is 1. The van der Waals surface area contributed by atoms with E-state index in [-0.39, 0.29) is 12.6 Å². The fraction of sp³-hybridized carbons (Fsp3) is 0.286. The molecule has 1 unspecified atom stereocenters. The lowest BCUT2D eigenvalue weighted by atomic mass is 10.2. The largest absolute Gasteiger partial charge is 0.465 e. The molecule has 9 heteroatoms. The first kappa shape index (κ1) is 21.4. The minimum Gasteiger partial charge on any atom is -0.465 e. The van der Waals surface area contributed by atoms with E-state index in [0.717, 1.165) is 5.56 Å². The molecule has 4 amide bonds. The molecule has 1 fully saturated rings. The summed E-state index contributed by atoms with van der Waals surface area (Å²) in [7, 11) is 1.31. The quantitative estimate of drug-likeness (QED) is 0.678. The molecule has 2 aromatic carbocycles. The molecule has 0 aromatic heterocycles. The Morgan fingerprint density at radius 3 is 2.33 bits per heavy atom. The molecule has 1 aliphatic rings. The molecule has 3 rings (SSSR count). The van der Waals surface area contributed by atoms with Gasteiger partial charge < -0.3 is 10.1 Å². The van der Waals surface area contributed by atoms with Crippen LogP contribution in [0.15, 0.2) is 48.5 Å². The Balaban J connectivity index is 1.85. The van der Waals surface area contributed by atoms with Crippen LogP contribution in [0.25, 0.3) is 0 Å². The maximum Gasteiger partial charge on any atom is 0.337 e. The van der Waals surface area contributed by atoms with E-state index in [4.69, 9.17) is 16.3 Å². The minimum absolute atomic E-state index is 0.261. The predicted octanol–water partition coefficient (Wildman–Crippen LogP) is 3.88. The summed E-state index contributed by atoms with van der Waals surface area (Å²) >= 11 is 5.96. The summed E-state index contributed by atoms with van der Waals surface area (Å²) in [6.45, 7) is 3.81. The lowest BCUT2D eigenvalue weighted by molar-refractivity contribution is 0.0600. The van der Waals surface area contributed by atoms with Gasteiger partial charge in [-0.1, -0.05) is 23.7 Å². The Morgan fingerprint density at radius 1 is 1.13 bits per heavy atom. The number of carbonyl (C=O) groups is 3. The number of hydrogen-bond acceptors (Lipinski definition) is 5. The molecule has 158 valence electrons. The van der Waals surface area contributed by atoms with Crippen molar-refractivity contribution >= 4 is 35.3 Å². The summed E-state index contributed by atoms with van der Waals surface area (Å²) in [6, 6.07) is 12.5. The summed E-state index contributed by atoms with van der Waals surface area (Å²) in [5.74, 6) is -0.445. The molecule has 0 aliphatic carbocycles. The van der Waals surface area contributed by atoms with Crippen molar-refractivity contribution in [2.75, 3.05) is 12.4 Å². The third-order valence-corrected chi connectivity index (χ3v) is 4.89. The summed E-state index contributed by atoms with van der Waals surface area (Å²) in [4.78, 5) is 39.9. The van der Waals surface area contributed by atoms with Crippen molar-refractivity contribution in [3.05, 3.63) is 64.7 Å². The number of methoxy groups -OCH3 is 1. The lowest BCUT2D eigenvalue weighted by Crippen LogP contribution is -2.68. The molecule has 0 spiro atoms. The Bertz CT molecular complexity index is 931. The first-order chi connectivity index (χ1) is 14.3. The van der Waals surface area contributed by atoms with Gasteiger partial charge in [0.15, 0.2) is 6.29 Å². The Labute approximate surface area is 179 Å². The highest BCUT2D eigenvalue weighted by atomic mass is 35.5. The number of amides is 4. The van der Waals surface area contributed by atoms with Crippen LogP contribution in [0.1, 0.15) is 29.8 Å². The highest BCUT2D eigenvalue weighted by Gasteiger charge is 2.39. The molecule has 1 saturated heterocycles. The van der Waals surface area contributed by atoms with Gasteiger partial charge in [0, 0.05) is 16.8 Å². The number of nitrogens with one attached hydrogen (secondary N) is 2. The van der Waals surface area contributed by atoms with Gasteiger partial charge in [0.2, 0.25) is 0 Å². The van der Waals surface area contributed by atoms with Crippen molar-refractivity contribution < 1.29 is 19.1 Å². The predicted molar refractivity (Wildman–Crippen MR) is 113 cm³/mol. The van der Waals surface area contributed by atoms with Crippen LogP contribution in [0.4, 0.5) is 15.3 Å². The molecule has 30 heavy (non-hydrogen) atoms. The SMILES string of the molecule is COC(=O)c1ccc(NC2NC(=O)N(C(C)C)C(=O)N2Cc2ccc(Cl)cc2)cc1. The lowest BCUT2D eigenvalue weighted by Gasteiger charge is -2.42. The van der Waals surface area contributed by atoms with Gasteiger partial charge >= 0.3 is 18.0 Å². The van der Waals surface area contributed by atoms with Gasteiger partial charge in [-0.25, -0.2) is 19.3 Å². The van der Waals surface area contributed by atoms with E-state index in [1.165, 1.54) is 16.9 Å². The number of rotatable bonds is 6.